The van der Waals surface area contributed by atoms with E-state index in [1.807, 2.05) is 0 Å². The van der Waals surface area contributed by atoms with Crippen molar-refractivity contribution >= 4 is 22.8 Å². The molecule has 1 heteroatoms. The quantitative estimate of drug-likeness (QED) is 0.284. The average Bonchev–Trinajstić information content (AvgIpc) is 3.17. The van der Waals surface area contributed by atoms with Gasteiger partial charge in [-0.25, -0.2) is 0 Å². The van der Waals surface area contributed by atoms with Gasteiger partial charge in [0.1, 0.15) is 0 Å². The van der Waals surface area contributed by atoms with Crippen molar-refractivity contribution in [3.05, 3.63) is 165 Å². The Kier molecular flexibility index (Phi) is 8.11. The Labute approximate surface area is 285 Å². The summed E-state index contributed by atoms with van der Waals surface area (Å²) in [5.74, 6) is 1.84. The highest BCUT2D eigenvalue weighted by Gasteiger charge is 2.34. The third-order valence-corrected chi connectivity index (χ3v) is 12.0. The molecular formula is C47H47N. The molecule has 6 aliphatic rings. The van der Waals surface area contributed by atoms with E-state index in [0.717, 1.165) is 38.1 Å². The lowest BCUT2D eigenvalue weighted by Gasteiger charge is -2.36. The van der Waals surface area contributed by atoms with Crippen LogP contribution in [0.25, 0.3) is 22.8 Å². The molecule has 3 aromatic rings. The summed E-state index contributed by atoms with van der Waals surface area (Å²) in [5, 5.41) is 9.79. The van der Waals surface area contributed by atoms with E-state index in [9.17, 15) is 0 Å². The van der Waals surface area contributed by atoms with Crippen molar-refractivity contribution in [1.82, 2.24) is 5.32 Å². The van der Waals surface area contributed by atoms with Crippen LogP contribution in [0.3, 0.4) is 0 Å². The van der Waals surface area contributed by atoms with Crippen LogP contribution in [0, 0.1) is 17.8 Å². The van der Waals surface area contributed by atoms with Crippen LogP contribution in [0.1, 0.15) is 80.9 Å². The smallest absolute Gasteiger partial charge is 0.0506 e. The van der Waals surface area contributed by atoms with Crippen molar-refractivity contribution in [2.75, 3.05) is 6.54 Å². The van der Waals surface area contributed by atoms with Gasteiger partial charge in [-0.1, -0.05) is 147 Å². The Bertz CT molecular complexity index is 2130. The Balaban J connectivity index is 1.17. The van der Waals surface area contributed by atoms with E-state index in [2.05, 4.69) is 133 Å². The van der Waals surface area contributed by atoms with Gasteiger partial charge in [0.05, 0.1) is 6.04 Å². The first-order valence-corrected chi connectivity index (χ1v) is 18.7. The number of allylic oxidation sites excluding steroid dienone is 7. The zero-order valence-corrected chi connectivity index (χ0v) is 28.1. The maximum Gasteiger partial charge on any atom is 0.0506 e. The van der Waals surface area contributed by atoms with Gasteiger partial charge in [0.15, 0.2) is 0 Å². The molecule has 0 radical (unpaired) electrons. The highest BCUT2D eigenvalue weighted by Crippen LogP contribution is 2.44. The maximum absolute atomic E-state index is 3.82. The number of hydrogen-bond donors (Lipinski definition) is 1. The third kappa shape index (κ3) is 5.37. The first-order valence-electron chi connectivity index (χ1n) is 18.7. The largest absolute Gasteiger partial charge is 0.306 e. The highest BCUT2D eigenvalue weighted by molar-refractivity contribution is 5.94. The van der Waals surface area contributed by atoms with Gasteiger partial charge in [0.2, 0.25) is 0 Å². The molecule has 1 N–H and O–H groups in total. The summed E-state index contributed by atoms with van der Waals surface area (Å²) in [7, 11) is 0. The molecule has 5 aliphatic carbocycles. The molecule has 4 unspecified atom stereocenters. The zero-order chi connectivity index (χ0) is 31.9. The van der Waals surface area contributed by atoms with E-state index in [0.29, 0.717) is 23.8 Å². The Morgan fingerprint density at radius 1 is 0.604 bits per heavy atom. The van der Waals surface area contributed by atoms with Gasteiger partial charge in [0.25, 0.3) is 0 Å². The molecular weight excluding hydrogens is 579 g/mol. The molecule has 0 aromatic heterocycles. The van der Waals surface area contributed by atoms with Gasteiger partial charge >= 0.3 is 0 Å². The van der Waals surface area contributed by atoms with E-state index in [4.69, 9.17) is 0 Å². The topological polar surface area (TPSA) is 12.0 Å². The lowest BCUT2D eigenvalue weighted by Crippen LogP contribution is -2.43. The van der Waals surface area contributed by atoms with Crippen LogP contribution in [0.2, 0.25) is 0 Å². The molecule has 4 atom stereocenters. The van der Waals surface area contributed by atoms with Crippen LogP contribution >= 0.6 is 0 Å². The minimum Gasteiger partial charge on any atom is -0.306 e. The molecule has 1 heterocycles. The predicted molar refractivity (Wildman–Crippen MR) is 202 cm³/mol. The predicted octanol–water partition coefficient (Wildman–Crippen LogP) is 8.00. The van der Waals surface area contributed by atoms with Gasteiger partial charge in [-0.3, -0.25) is 0 Å². The van der Waals surface area contributed by atoms with E-state index < -0.39 is 0 Å². The van der Waals surface area contributed by atoms with Crippen molar-refractivity contribution < 1.29 is 0 Å². The van der Waals surface area contributed by atoms with Crippen LogP contribution in [-0.4, -0.2) is 6.54 Å². The fourth-order valence-electron chi connectivity index (χ4n) is 9.79. The number of benzene rings is 3. The van der Waals surface area contributed by atoms with Gasteiger partial charge in [-0.15, -0.1) is 0 Å². The van der Waals surface area contributed by atoms with Gasteiger partial charge < -0.3 is 5.32 Å². The van der Waals surface area contributed by atoms with Gasteiger partial charge in [-0.05, 0) is 104 Å². The van der Waals surface area contributed by atoms with Crippen molar-refractivity contribution in [3.63, 3.8) is 0 Å². The second kappa shape index (κ2) is 13.0. The van der Waals surface area contributed by atoms with Crippen molar-refractivity contribution in [2.45, 2.75) is 69.7 Å². The number of nitrogens with one attached hydrogen (secondary N) is 1. The Hall–Kier alpha value is -4.20. The molecule has 0 amide bonds. The Morgan fingerprint density at radius 3 is 2.12 bits per heavy atom. The molecule has 1 nitrogen and oxygen atoms in total. The first kappa shape index (κ1) is 29.9. The minimum absolute atomic E-state index is 0.294. The molecule has 240 valence electrons. The molecule has 3 aromatic carbocycles. The van der Waals surface area contributed by atoms with E-state index >= 15 is 0 Å². The molecule has 0 bridgehead atoms. The summed E-state index contributed by atoms with van der Waals surface area (Å²) in [4.78, 5) is 0. The summed E-state index contributed by atoms with van der Waals surface area (Å²) >= 11 is 0. The van der Waals surface area contributed by atoms with E-state index in [1.165, 1.54) is 64.5 Å². The monoisotopic (exact) mass is 625 g/mol. The molecule has 1 fully saturated rings. The molecule has 48 heavy (non-hydrogen) atoms. The molecule has 1 saturated carbocycles. The van der Waals surface area contributed by atoms with Crippen LogP contribution in [0.4, 0.5) is 0 Å². The highest BCUT2D eigenvalue weighted by atomic mass is 14.9. The first-order chi connectivity index (χ1) is 23.8. The van der Waals surface area contributed by atoms with Crippen LogP contribution in [0.15, 0.2) is 133 Å². The summed E-state index contributed by atoms with van der Waals surface area (Å²) in [6.07, 6.45) is 33.4. The van der Waals surface area contributed by atoms with Gasteiger partial charge in [-0.2, -0.15) is 0 Å². The molecule has 1 aliphatic heterocycles. The summed E-state index contributed by atoms with van der Waals surface area (Å²) in [6.45, 7) is 0.974. The van der Waals surface area contributed by atoms with Crippen LogP contribution in [0.5, 0.6) is 0 Å². The summed E-state index contributed by atoms with van der Waals surface area (Å²) < 4.78 is 0. The number of rotatable bonds is 5. The normalized spacial score (nSPS) is 26.6. The van der Waals surface area contributed by atoms with Crippen LogP contribution < -0.4 is 26.2 Å². The molecule has 0 spiro atoms. The average molecular weight is 626 g/mol. The number of hydrogen-bond acceptors (Lipinski definition) is 1. The minimum atomic E-state index is 0.294. The fourth-order valence-corrected chi connectivity index (χ4v) is 9.79. The summed E-state index contributed by atoms with van der Waals surface area (Å²) in [5.41, 5.74) is 10.7. The second-order valence-corrected chi connectivity index (χ2v) is 14.8. The lowest BCUT2D eigenvalue weighted by atomic mass is 9.67. The SMILES string of the molecule is C1=CC2C(C3=CC(C4C=CC(c5ccccc5)NC4)=CCC3)=c3ccccc3=C(C3=c4cccc(C5CCCCC5)c4=CCC3)C2C=C1. The van der Waals surface area contributed by atoms with Crippen molar-refractivity contribution in [3.8, 4) is 0 Å². The summed E-state index contributed by atoms with van der Waals surface area (Å²) in [6, 6.07) is 27.8. The zero-order valence-electron chi connectivity index (χ0n) is 28.1. The number of fused-ring (bicyclic) bond motifs is 3. The standard InChI is InChI=1S/C47H47N/c1-3-14-32(15-4-1)37-24-12-26-39-38(37)25-13-27-40(39)47-43-22-9-7-20-41(43)46(42-21-8-10-23-44(42)47)35-19-11-18-34(30-35)36-28-29-45(48-31-36)33-16-5-2-6-17-33/h2,5-10,12,16-18,20-26,28-30,32,36,41,43,45,48H,1,3-4,11,13-15,19,27,31H2. The van der Waals surface area contributed by atoms with E-state index in [1.54, 1.807) is 27.5 Å². The van der Waals surface area contributed by atoms with E-state index in [-0.39, 0.29) is 0 Å². The Morgan fingerprint density at radius 2 is 1.33 bits per heavy atom. The van der Waals surface area contributed by atoms with Crippen LogP contribution in [-0.2, 0) is 0 Å². The maximum atomic E-state index is 3.82. The fraction of sp³-hybridized carbons (Fsp3) is 0.319. The third-order valence-electron chi connectivity index (χ3n) is 12.0. The molecule has 0 saturated heterocycles. The second-order valence-electron chi connectivity index (χ2n) is 14.8. The van der Waals surface area contributed by atoms with Crippen molar-refractivity contribution in [2.24, 2.45) is 17.8 Å². The molecule has 9 rings (SSSR count). The lowest BCUT2D eigenvalue weighted by molar-refractivity contribution is 0.442. The van der Waals surface area contributed by atoms with Crippen molar-refractivity contribution in [1.29, 1.82) is 0 Å². The van der Waals surface area contributed by atoms with Gasteiger partial charge in [0, 0.05) is 24.3 Å².